The van der Waals surface area contributed by atoms with Crippen LogP contribution >= 0.6 is 0 Å². The summed E-state index contributed by atoms with van der Waals surface area (Å²) in [6.07, 6.45) is 10.4. The zero-order chi connectivity index (χ0) is 17.9. The van der Waals surface area contributed by atoms with Crippen molar-refractivity contribution in [1.29, 1.82) is 0 Å². The molecule has 6 nitrogen and oxygen atoms in total. The minimum Gasteiger partial charge on any atom is -0.303 e. The number of nitrogens with zero attached hydrogens (tertiary/aromatic N) is 3. The van der Waals surface area contributed by atoms with Gasteiger partial charge < -0.3 is 4.57 Å². The molecule has 0 unspecified atom stereocenters. The first-order chi connectivity index (χ1) is 11.6. The van der Waals surface area contributed by atoms with Crippen molar-refractivity contribution in [1.82, 2.24) is 19.9 Å². The van der Waals surface area contributed by atoms with Crippen molar-refractivity contribution in [2.75, 3.05) is 13.1 Å². The van der Waals surface area contributed by atoms with Gasteiger partial charge in [-0.3, -0.25) is 14.9 Å². The Morgan fingerprint density at radius 1 is 1.42 bits per heavy atom. The second kappa shape index (κ2) is 10.6. The number of hydroxylamine groups is 1. The summed E-state index contributed by atoms with van der Waals surface area (Å²) in [5, 5.41) is 8.43. The summed E-state index contributed by atoms with van der Waals surface area (Å²) in [5.41, 5.74) is 3.64. The molecule has 1 aromatic rings. The van der Waals surface area contributed by atoms with E-state index in [4.69, 9.17) is 5.21 Å². The zero-order valence-electron chi connectivity index (χ0n) is 14.8. The van der Waals surface area contributed by atoms with Gasteiger partial charge in [-0.1, -0.05) is 39.0 Å². The Balaban J connectivity index is 2.93. The van der Waals surface area contributed by atoms with Crippen molar-refractivity contribution in [3.05, 3.63) is 42.0 Å². The normalized spacial score (nSPS) is 11.7. The maximum absolute atomic E-state index is 10.9. The predicted molar refractivity (Wildman–Crippen MR) is 97.3 cm³/mol. The highest BCUT2D eigenvalue weighted by Gasteiger charge is 2.13. The lowest BCUT2D eigenvalue weighted by Crippen LogP contribution is -2.25. The van der Waals surface area contributed by atoms with Crippen molar-refractivity contribution in [2.24, 2.45) is 0 Å². The molecule has 0 aliphatic rings. The van der Waals surface area contributed by atoms with Crippen LogP contribution in [0.2, 0.25) is 0 Å². The molecule has 132 valence electrons. The fourth-order valence-electron chi connectivity index (χ4n) is 2.38. The Bertz CT molecular complexity index is 602. The summed E-state index contributed by atoms with van der Waals surface area (Å²) in [6.45, 7) is 13.1. The summed E-state index contributed by atoms with van der Waals surface area (Å²) < 4.78 is 1.97. The van der Waals surface area contributed by atoms with Crippen LogP contribution in [0, 0.1) is 6.92 Å². The highest BCUT2D eigenvalue weighted by Crippen LogP contribution is 2.16. The standard InChI is InChI=1S/C18H28N4O2/c1-5-8-13-21(6-2)14-16-15(4)19-17(22(16)7-3)11-9-10-12-18(23)20-24/h7,9-12,24H,3,5-6,8,13-14H2,1-2,4H3,(H,20,23). The molecule has 2 N–H and O–H groups in total. The average Bonchev–Trinajstić information content (AvgIpc) is 2.89. The number of rotatable bonds is 10. The molecule has 24 heavy (non-hydrogen) atoms. The molecule has 0 saturated heterocycles. The number of hydrogen-bond acceptors (Lipinski definition) is 4. The summed E-state index contributed by atoms with van der Waals surface area (Å²) in [7, 11) is 0. The SMILES string of the molecule is C=Cn1c(C=CC=CC(=O)NO)nc(C)c1CN(CC)CCCC. The third-order valence-corrected chi connectivity index (χ3v) is 3.78. The van der Waals surface area contributed by atoms with E-state index in [1.54, 1.807) is 23.8 Å². The lowest BCUT2D eigenvalue weighted by atomic mass is 10.2. The topological polar surface area (TPSA) is 70.4 Å². The Morgan fingerprint density at radius 3 is 2.75 bits per heavy atom. The van der Waals surface area contributed by atoms with Crippen LogP contribution in [-0.2, 0) is 11.3 Å². The van der Waals surface area contributed by atoms with E-state index in [1.807, 2.05) is 17.6 Å². The van der Waals surface area contributed by atoms with Crippen LogP contribution in [0.15, 0.2) is 24.8 Å². The lowest BCUT2D eigenvalue weighted by molar-refractivity contribution is -0.124. The molecule has 0 saturated carbocycles. The van der Waals surface area contributed by atoms with Crippen molar-refractivity contribution >= 4 is 18.2 Å². The van der Waals surface area contributed by atoms with Gasteiger partial charge in [0.1, 0.15) is 5.82 Å². The highest BCUT2D eigenvalue weighted by molar-refractivity contribution is 5.86. The minimum atomic E-state index is -0.571. The number of carbonyl (C=O) groups is 1. The van der Waals surface area contributed by atoms with Crippen LogP contribution in [0.25, 0.3) is 12.3 Å². The van der Waals surface area contributed by atoms with Crippen LogP contribution in [0.5, 0.6) is 0 Å². The lowest BCUT2D eigenvalue weighted by Gasteiger charge is -2.20. The largest absolute Gasteiger partial charge is 0.303 e. The van der Waals surface area contributed by atoms with Crippen molar-refractivity contribution in [3.8, 4) is 0 Å². The molecule has 1 amide bonds. The van der Waals surface area contributed by atoms with Gasteiger partial charge in [-0.15, -0.1) is 0 Å². The van der Waals surface area contributed by atoms with E-state index >= 15 is 0 Å². The van der Waals surface area contributed by atoms with Crippen LogP contribution < -0.4 is 5.48 Å². The second-order valence-corrected chi connectivity index (χ2v) is 5.47. The first-order valence-electron chi connectivity index (χ1n) is 8.28. The van der Waals surface area contributed by atoms with Crippen molar-refractivity contribution < 1.29 is 10.0 Å². The van der Waals surface area contributed by atoms with Gasteiger partial charge in [-0.25, -0.2) is 10.5 Å². The first-order valence-corrected chi connectivity index (χ1v) is 8.28. The number of unbranched alkanes of at least 4 members (excludes halogenated alkanes) is 1. The third kappa shape index (κ3) is 5.79. The number of imidazole rings is 1. The quantitative estimate of drug-likeness (QED) is 0.299. The fraction of sp³-hybridized carbons (Fsp3) is 0.444. The average molecular weight is 332 g/mol. The Morgan fingerprint density at radius 2 is 2.17 bits per heavy atom. The molecular weight excluding hydrogens is 304 g/mol. The number of carbonyl (C=O) groups excluding carboxylic acids is 1. The van der Waals surface area contributed by atoms with Gasteiger partial charge in [-0.05, 0) is 32.5 Å². The molecular formula is C18H28N4O2. The summed E-state index contributed by atoms with van der Waals surface area (Å²) in [4.78, 5) is 17.9. The maximum atomic E-state index is 10.9. The molecule has 1 rings (SSSR count). The summed E-state index contributed by atoms with van der Waals surface area (Å²) in [5.74, 6) is 0.191. The summed E-state index contributed by atoms with van der Waals surface area (Å²) >= 11 is 0. The van der Waals surface area contributed by atoms with Gasteiger partial charge in [0.05, 0.1) is 11.4 Å². The molecule has 1 aromatic heterocycles. The van der Waals surface area contributed by atoms with Crippen molar-refractivity contribution in [3.63, 3.8) is 0 Å². The molecule has 0 aliphatic heterocycles. The zero-order valence-corrected chi connectivity index (χ0v) is 14.8. The molecule has 0 bridgehead atoms. The van der Waals surface area contributed by atoms with Gasteiger partial charge in [0.25, 0.3) is 5.91 Å². The van der Waals surface area contributed by atoms with Crippen LogP contribution in [-0.4, -0.2) is 38.7 Å². The second-order valence-electron chi connectivity index (χ2n) is 5.47. The van der Waals surface area contributed by atoms with E-state index < -0.39 is 5.91 Å². The molecule has 0 spiro atoms. The van der Waals surface area contributed by atoms with Gasteiger partial charge in [0.15, 0.2) is 0 Å². The number of amides is 1. The molecule has 0 fully saturated rings. The van der Waals surface area contributed by atoms with Gasteiger partial charge in [0, 0.05) is 18.8 Å². The van der Waals surface area contributed by atoms with Crippen LogP contribution in [0.3, 0.4) is 0 Å². The van der Waals surface area contributed by atoms with E-state index in [-0.39, 0.29) is 0 Å². The Kier molecular flexibility index (Phi) is 8.75. The summed E-state index contributed by atoms with van der Waals surface area (Å²) in [6, 6.07) is 0. The van der Waals surface area contributed by atoms with Crippen LogP contribution in [0.1, 0.15) is 43.9 Å². The molecule has 0 aromatic carbocycles. The highest BCUT2D eigenvalue weighted by atomic mass is 16.5. The molecule has 0 aliphatic carbocycles. The van der Waals surface area contributed by atoms with Crippen LogP contribution in [0.4, 0.5) is 0 Å². The van der Waals surface area contributed by atoms with Gasteiger partial charge >= 0.3 is 0 Å². The third-order valence-electron chi connectivity index (χ3n) is 3.78. The number of allylic oxidation sites excluding steroid dienone is 2. The number of aryl methyl sites for hydroxylation is 1. The molecule has 6 heteroatoms. The maximum Gasteiger partial charge on any atom is 0.267 e. The first kappa shape index (κ1) is 19.9. The predicted octanol–water partition coefficient (Wildman–Crippen LogP) is 2.99. The molecule has 1 heterocycles. The fourth-order valence-corrected chi connectivity index (χ4v) is 2.38. The Labute approximate surface area is 144 Å². The minimum absolute atomic E-state index is 0.571. The number of nitrogens with one attached hydrogen (secondary N) is 1. The smallest absolute Gasteiger partial charge is 0.267 e. The monoisotopic (exact) mass is 332 g/mol. The van der Waals surface area contributed by atoms with E-state index in [0.29, 0.717) is 0 Å². The number of hydrogen-bond donors (Lipinski definition) is 2. The molecule has 0 atom stereocenters. The Hall–Kier alpha value is -2.18. The molecule has 0 radical (unpaired) electrons. The van der Waals surface area contributed by atoms with Crippen molar-refractivity contribution in [2.45, 2.75) is 40.2 Å². The number of aromatic nitrogens is 2. The van der Waals surface area contributed by atoms with E-state index in [0.717, 1.165) is 36.8 Å². The van der Waals surface area contributed by atoms with Gasteiger partial charge in [0.2, 0.25) is 0 Å². The van der Waals surface area contributed by atoms with E-state index in [2.05, 4.69) is 30.3 Å². The van der Waals surface area contributed by atoms with Gasteiger partial charge in [-0.2, -0.15) is 0 Å². The van der Waals surface area contributed by atoms with E-state index in [9.17, 15) is 4.79 Å². The van der Waals surface area contributed by atoms with E-state index in [1.165, 1.54) is 18.9 Å².